The monoisotopic (exact) mass is 262 g/mol. The minimum atomic E-state index is 0. The van der Waals surface area contributed by atoms with E-state index < -0.39 is 0 Å². The summed E-state index contributed by atoms with van der Waals surface area (Å²) in [5, 5.41) is 0. The van der Waals surface area contributed by atoms with E-state index in [0.717, 1.165) is 8.85 Å². The van der Waals surface area contributed by atoms with Crippen LogP contribution in [0.3, 0.4) is 0 Å². The van der Waals surface area contributed by atoms with E-state index >= 15 is 0 Å². The fraction of sp³-hybridized carbons (Fsp3) is 0. The maximum atomic E-state index is 3.39. The van der Waals surface area contributed by atoms with Crippen molar-refractivity contribution in [2.24, 2.45) is 0 Å². The molecular formula is H8AlFeMgMnSiZn. The Morgan fingerprint density at radius 3 is 1.17 bits per heavy atom. The predicted octanol–water partition coefficient (Wildman–Crippen LogP) is -3.29. The Kier molecular flexibility index (Phi) is 245. The predicted molar refractivity (Wildman–Crippen MR) is 28.4 cm³/mol. The van der Waals surface area contributed by atoms with Gasteiger partial charge in [-0.3, -0.25) is 0 Å². The maximum Gasteiger partial charge on any atom is 0 e. The molecule has 0 fully saturated rings. The number of hydrogen-bond donors (Lipinski definition) is 0. The van der Waals surface area contributed by atoms with Crippen molar-refractivity contribution < 1.29 is 51.9 Å². The van der Waals surface area contributed by atoms with Crippen molar-refractivity contribution in [2.75, 3.05) is 0 Å². The van der Waals surface area contributed by atoms with Crippen LogP contribution in [0.4, 0.5) is 0 Å². The third kappa shape index (κ3) is 27.1. The SMILES string of the molecule is [AlH3].[MgH2].[Mn].[SiH3][Fe].[Zn]. The van der Waals surface area contributed by atoms with Crippen LogP contribution in [-0.4, -0.2) is 49.3 Å². The van der Waals surface area contributed by atoms with Gasteiger partial charge in [0.05, 0.1) is 0 Å². The van der Waals surface area contributed by atoms with Gasteiger partial charge in [-0.05, 0) is 0 Å². The van der Waals surface area contributed by atoms with Crippen LogP contribution in [0.5, 0.6) is 0 Å². The minimum Gasteiger partial charge on any atom is 0 e. The second kappa shape index (κ2) is 41.7. The van der Waals surface area contributed by atoms with Crippen LogP contribution in [0.1, 0.15) is 0 Å². The van der Waals surface area contributed by atoms with E-state index in [2.05, 4.69) is 15.4 Å². The van der Waals surface area contributed by atoms with Crippen LogP contribution >= 0.6 is 0 Å². The molecule has 0 aromatic carbocycles. The first-order valence-electron chi connectivity index (χ1n) is 0.354. The van der Waals surface area contributed by atoms with Crippen LogP contribution in [0.25, 0.3) is 0 Å². The third-order valence-corrected chi connectivity index (χ3v) is 0. The molecule has 0 atom stereocenters. The summed E-state index contributed by atoms with van der Waals surface area (Å²) in [4.78, 5) is 0. The summed E-state index contributed by atoms with van der Waals surface area (Å²) in [5.74, 6) is 0. The van der Waals surface area contributed by atoms with Crippen LogP contribution in [0.2, 0.25) is 0 Å². The zero-order chi connectivity index (χ0) is 2.00. The van der Waals surface area contributed by atoms with E-state index in [-0.39, 0.29) is 77.0 Å². The van der Waals surface area contributed by atoms with Crippen LogP contribution < -0.4 is 0 Å². The normalized spacial score (nSPS) is 1.50. The Morgan fingerprint density at radius 2 is 1.17 bits per heavy atom. The molecule has 0 aromatic rings. The molecule has 0 amide bonds. The topological polar surface area (TPSA) is 0 Å². The molecule has 0 heterocycles. The Labute approximate surface area is 99.5 Å². The first-order chi connectivity index (χ1) is 1.00. The second-order valence-electron chi connectivity index (χ2n) is 0. The zero-order valence-electron chi connectivity index (χ0n) is 2.44. The Hall–Kier alpha value is 3.18. The first-order valence-corrected chi connectivity index (χ1v) is 4.37. The molecule has 0 aromatic heterocycles. The van der Waals surface area contributed by atoms with E-state index in [1.807, 2.05) is 0 Å². The average molecular weight is 264 g/mol. The van der Waals surface area contributed by atoms with E-state index in [0.29, 0.717) is 0 Å². The fourth-order valence-corrected chi connectivity index (χ4v) is 0. The molecule has 0 nitrogen and oxygen atoms in total. The van der Waals surface area contributed by atoms with Gasteiger partial charge >= 0.3 is 47.3 Å². The fourth-order valence-electron chi connectivity index (χ4n) is 0. The van der Waals surface area contributed by atoms with Crippen molar-refractivity contribution in [3.8, 4) is 0 Å². The summed E-state index contributed by atoms with van der Waals surface area (Å²) in [6, 6.07) is 0. The van der Waals surface area contributed by atoms with Crippen molar-refractivity contribution in [3.05, 3.63) is 0 Å². The van der Waals surface area contributed by atoms with Crippen LogP contribution in [0.15, 0.2) is 0 Å². The summed E-state index contributed by atoms with van der Waals surface area (Å²) in [7, 11) is 1.06. The van der Waals surface area contributed by atoms with Gasteiger partial charge in [0.15, 0.2) is 17.4 Å². The van der Waals surface area contributed by atoms with E-state index in [4.69, 9.17) is 0 Å². The van der Waals surface area contributed by atoms with Gasteiger partial charge in [-0.1, -0.05) is 0 Å². The van der Waals surface area contributed by atoms with Gasteiger partial charge in [0, 0.05) is 36.5 Å². The van der Waals surface area contributed by atoms with Gasteiger partial charge in [-0.2, -0.15) is 0 Å². The molecule has 0 N–H and O–H groups in total. The van der Waals surface area contributed by atoms with Crippen LogP contribution in [-0.2, 0) is 51.9 Å². The Balaban J connectivity index is -0.000000000833. The van der Waals surface area contributed by atoms with Crippen molar-refractivity contribution in [1.29, 1.82) is 0 Å². The third-order valence-electron chi connectivity index (χ3n) is 0. The molecule has 6 heavy (non-hydrogen) atoms. The summed E-state index contributed by atoms with van der Waals surface area (Å²) in [5.41, 5.74) is 0. The molecule has 34 valence electrons. The molecule has 0 aliphatic carbocycles. The quantitative estimate of drug-likeness (QED) is 0.402. The van der Waals surface area contributed by atoms with Crippen molar-refractivity contribution in [2.45, 2.75) is 0 Å². The Bertz CT molecular complexity index is 15.5. The largest absolute Gasteiger partial charge is 0 e. The molecule has 0 spiro atoms. The van der Waals surface area contributed by atoms with E-state index in [9.17, 15) is 0 Å². The van der Waals surface area contributed by atoms with Gasteiger partial charge < -0.3 is 0 Å². The van der Waals surface area contributed by atoms with E-state index in [1.54, 1.807) is 0 Å². The molecule has 0 saturated carbocycles. The van der Waals surface area contributed by atoms with Crippen LogP contribution in [0, 0.1) is 0 Å². The maximum absolute atomic E-state index is 3.39. The van der Waals surface area contributed by atoms with E-state index in [1.165, 1.54) is 0 Å². The summed E-state index contributed by atoms with van der Waals surface area (Å²) >= 11 is 3.39. The van der Waals surface area contributed by atoms with Gasteiger partial charge in [0.1, 0.15) is 0 Å². The zero-order valence-corrected chi connectivity index (χ0v) is 9.69. The van der Waals surface area contributed by atoms with Crippen molar-refractivity contribution in [1.82, 2.24) is 0 Å². The molecule has 6 heteroatoms. The molecule has 0 saturated heterocycles. The van der Waals surface area contributed by atoms with Gasteiger partial charge in [-0.15, -0.1) is 0 Å². The number of hydrogen-bond acceptors (Lipinski definition) is 0. The molecular weight excluding hydrogens is 256 g/mol. The number of rotatable bonds is 0. The summed E-state index contributed by atoms with van der Waals surface area (Å²) in [6.07, 6.45) is 0. The average Bonchev–Trinajstić information content (AvgIpc) is 1.00. The molecule has 0 aliphatic heterocycles. The van der Waals surface area contributed by atoms with Gasteiger partial charge in [0.25, 0.3) is 0 Å². The Morgan fingerprint density at radius 1 is 1.17 bits per heavy atom. The smallest absolute Gasteiger partial charge is 0 e. The molecule has 0 aliphatic rings. The summed E-state index contributed by atoms with van der Waals surface area (Å²) in [6.45, 7) is 0. The summed E-state index contributed by atoms with van der Waals surface area (Å²) < 4.78 is 0. The standard InChI is InChI=1S/Al.Fe.Mg.Mn.H3Si.Zn.5H/h;;;;1H3;;;;;;. The van der Waals surface area contributed by atoms with Gasteiger partial charge in [0.2, 0.25) is 0 Å². The minimum absolute atomic E-state index is 0. The molecule has 0 bridgehead atoms. The molecule has 0 rings (SSSR count). The molecule has 1 radical (unpaired) electrons. The molecule has 0 unspecified atom stereocenters. The first kappa shape index (κ1) is 35.2. The van der Waals surface area contributed by atoms with Crippen molar-refractivity contribution >= 4 is 49.3 Å². The van der Waals surface area contributed by atoms with Gasteiger partial charge in [-0.25, -0.2) is 0 Å². The second-order valence-corrected chi connectivity index (χ2v) is 0. The van der Waals surface area contributed by atoms with Crippen molar-refractivity contribution in [3.63, 3.8) is 0 Å².